The molecule has 35 heavy (non-hydrogen) atoms. The maximum Gasteiger partial charge on any atom is 0.223 e. The molecular formula is C26H35N7OS. The molecule has 9 heteroatoms. The number of nitrogens with zero attached hydrogens (tertiary/aromatic N) is 5. The van der Waals surface area contributed by atoms with Crippen LogP contribution in [-0.4, -0.2) is 55.7 Å². The summed E-state index contributed by atoms with van der Waals surface area (Å²) in [5, 5.41) is 17.0. The number of aromatic nitrogens is 4. The Balaban J connectivity index is 1.19. The quantitative estimate of drug-likeness (QED) is 0.403. The zero-order valence-corrected chi connectivity index (χ0v) is 21.2. The van der Waals surface area contributed by atoms with Gasteiger partial charge in [-0.3, -0.25) is 4.90 Å². The molecule has 1 aliphatic carbocycles. The van der Waals surface area contributed by atoms with E-state index in [9.17, 15) is 5.11 Å². The molecule has 1 aliphatic heterocycles. The van der Waals surface area contributed by atoms with Gasteiger partial charge in [-0.1, -0.05) is 36.7 Å². The molecule has 0 spiro atoms. The summed E-state index contributed by atoms with van der Waals surface area (Å²) in [6.07, 6.45) is 12.2. The molecule has 1 saturated carbocycles. The minimum Gasteiger partial charge on any atom is -0.396 e. The molecule has 186 valence electrons. The number of thiazole rings is 1. The number of aliphatic hydroxyl groups is 1. The highest BCUT2D eigenvalue weighted by Gasteiger charge is 2.19. The van der Waals surface area contributed by atoms with E-state index >= 15 is 0 Å². The molecule has 5 rings (SSSR count). The van der Waals surface area contributed by atoms with Crippen molar-refractivity contribution in [2.45, 2.75) is 64.5 Å². The number of likely N-dealkylation sites (tertiary alicyclic amines) is 1. The molecule has 0 aromatic carbocycles. The van der Waals surface area contributed by atoms with Crippen molar-refractivity contribution in [1.82, 2.24) is 24.8 Å². The first-order valence-corrected chi connectivity index (χ1v) is 13.6. The van der Waals surface area contributed by atoms with Crippen LogP contribution in [0.5, 0.6) is 0 Å². The summed E-state index contributed by atoms with van der Waals surface area (Å²) in [6, 6.07) is 6.62. The van der Waals surface area contributed by atoms with E-state index in [0.717, 1.165) is 59.7 Å². The van der Waals surface area contributed by atoms with E-state index in [1.165, 1.54) is 37.7 Å². The Morgan fingerprint density at radius 1 is 1.03 bits per heavy atom. The fourth-order valence-electron chi connectivity index (χ4n) is 4.93. The maximum atomic E-state index is 9.32. The van der Waals surface area contributed by atoms with Gasteiger partial charge in [-0.15, -0.1) is 0 Å². The van der Waals surface area contributed by atoms with Gasteiger partial charge in [-0.25, -0.2) is 19.9 Å². The largest absolute Gasteiger partial charge is 0.396 e. The third kappa shape index (κ3) is 6.54. The average Bonchev–Trinajstić information content (AvgIpc) is 3.35. The van der Waals surface area contributed by atoms with E-state index in [0.29, 0.717) is 24.5 Å². The summed E-state index contributed by atoms with van der Waals surface area (Å²) < 4.78 is 0. The molecule has 3 N–H and O–H groups in total. The summed E-state index contributed by atoms with van der Waals surface area (Å²) in [6.45, 7) is 5.29. The fourth-order valence-corrected chi connectivity index (χ4v) is 5.71. The van der Waals surface area contributed by atoms with Crippen LogP contribution in [0.1, 0.15) is 56.2 Å². The van der Waals surface area contributed by atoms with Crippen LogP contribution in [0.25, 0.3) is 10.6 Å². The highest BCUT2D eigenvalue weighted by atomic mass is 32.1. The van der Waals surface area contributed by atoms with Crippen LogP contribution in [0, 0.1) is 12.8 Å². The molecule has 0 radical (unpaired) electrons. The van der Waals surface area contributed by atoms with Crippen LogP contribution in [0.15, 0.2) is 30.6 Å². The molecule has 3 aromatic rings. The summed E-state index contributed by atoms with van der Waals surface area (Å²) in [7, 11) is 0. The van der Waals surface area contributed by atoms with Crippen LogP contribution in [0.2, 0.25) is 0 Å². The summed E-state index contributed by atoms with van der Waals surface area (Å²) in [4.78, 5) is 22.0. The lowest BCUT2D eigenvalue weighted by Gasteiger charge is -2.30. The zero-order chi connectivity index (χ0) is 24.0. The molecule has 0 amide bonds. The van der Waals surface area contributed by atoms with Crippen molar-refractivity contribution in [2.24, 2.45) is 5.92 Å². The Bertz CT molecular complexity index is 1090. The molecule has 0 atom stereocenters. The zero-order valence-electron chi connectivity index (χ0n) is 20.4. The van der Waals surface area contributed by atoms with Gasteiger partial charge in [0.1, 0.15) is 5.82 Å². The van der Waals surface area contributed by atoms with Gasteiger partial charge >= 0.3 is 0 Å². The average molecular weight is 494 g/mol. The standard InChI is InChI=1S/C26H35N7OS/c1-18-13-22(31-25(29-18)30-21-5-3-2-4-6-21)23-15-28-26(35-23)32-24-8-7-20(14-27-24)16-33-11-9-19(17-34)10-12-33/h7-8,13-15,19,21,34H,2-6,9-12,16-17H2,1H3,(H,27,28,32)(H,29,30,31). The van der Waals surface area contributed by atoms with Gasteiger partial charge in [0.05, 0.1) is 10.6 Å². The Kier molecular flexibility index (Phi) is 7.85. The smallest absolute Gasteiger partial charge is 0.223 e. The topological polar surface area (TPSA) is 99.1 Å². The minimum atomic E-state index is 0.309. The molecule has 4 heterocycles. The highest BCUT2D eigenvalue weighted by molar-refractivity contribution is 7.18. The first-order valence-electron chi connectivity index (χ1n) is 12.8. The first kappa shape index (κ1) is 24.1. The number of aryl methyl sites for hydroxylation is 1. The summed E-state index contributed by atoms with van der Waals surface area (Å²) >= 11 is 1.57. The van der Waals surface area contributed by atoms with Crippen molar-refractivity contribution in [3.05, 3.63) is 41.9 Å². The lowest BCUT2D eigenvalue weighted by Crippen LogP contribution is -2.34. The Hall–Kier alpha value is -2.62. The van der Waals surface area contributed by atoms with Crippen LogP contribution in [0.3, 0.4) is 0 Å². The van der Waals surface area contributed by atoms with E-state index in [1.54, 1.807) is 11.3 Å². The predicted octanol–water partition coefficient (Wildman–Crippen LogP) is 5.00. The van der Waals surface area contributed by atoms with Crippen molar-refractivity contribution < 1.29 is 5.11 Å². The molecular weight excluding hydrogens is 458 g/mol. The van der Waals surface area contributed by atoms with Crippen molar-refractivity contribution in [2.75, 3.05) is 30.3 Å². The van der Waals surface area contributed by atoms with Gasteiger partial charge in [-0.2, -0.15) is 0 Å². The van der Waals surface area contributed by atoms with Crippen molar-refractivity contribution >= 4 is 28.2 Å². The van der Waals surface area contributed by atoms with Gasteiger partial charge in [-0.05, 0) is 69.3 Å². The molecule has 0 unspecified atom stereocenters. The molecule has 1 saturated heterocycles. The number of piperidine rings is 1. The van der Waals surface area contributed by atoms with Crippen LogP contribution >= 0.6 is 11.3 Å². The second kappa shape index (κ2) is 11.4. The van der Waals surface area contributed by atoms with E-state index in [1.807, 2.05) is 31.5 Å². The van der Waals surface area contributed by atoms with Crippen LogP contribution < -0.4 is 10.6 Å². The van der Waals surface area contributed by atoms with Gasteiger partial charge in [0, 0.05) is 37.3 Å². The lowest BCUT2D eigenvalue weighted by atomic mass is 9.96. The van der Waals surface area contributed by atoms with Crippen molar-refractivity contribution in [3.8, 4) is 10.6 Å². The monoisotopic (exact) mass is 493 g/mol. The van der Waals surface area contributed by atoms with E-state index in [4.69, 9.17) is 4.98 Å². The van der Waals surface area contributed by atoms with E-state index < -0.39 is 0 Å². The SMILES string of the molecule is Cc1cc(-c2cnc(Nc3ccc(CN4CCC(CO)CC4)cn3)s2)nc(NC2CCCCC2)n1. The summed E-state index contributed by atoms with van der Waals surface area (Å²) in [5.74, 6) is 1.96. The second-order valence-corrected chi connectivity index (χ2v) is 10.8. The fraction of sp³-hybridized carbons (Fsp3) is 0.538. The summed E-state index contributed by atoms with van der Waals surface area (Å²) in [5.41, 5.74) is 3.05. The van der Waals surface area contributed by atoms with Crippen molar-refractivity contribution in [1.29, 1.82) is 0 Å². The number of hydrogen-bond acceptors (Lipinski definition) is 9. The van der Waals surface area contributed by atoms with Crippen LogP contribution in [-0.2, 0) is 6.54 Å². The number of nitrogens with one attached hydrogen (secondary N) is 2. The normalized spacial score (nSPS) is 18.0. The molecule has 0 bridgehead atoms. The second-order valence-electron chi connectivity index (χ2n) is 9.81. The lowest BCUT2D eigenvalue weighted by molar-refractivity contribution is 0.127. The van der Waals surface area contributed by atoms with Gasteiger partial charge < -0.3 is 15.7 Å². The molecule has 2 aliphatic rings. The third-order valence-electron chi connectivity index (χ3n) is 6.98. The number of rotatable bonds is 8. The predicted molar refractivity (Wildman–Crippen MR) is 141 cm³/mol. The van der Waals surface area contributed by atoms with E-state index in [-0.39, 0.29) is 0 Å². The Labute approximate surface area is 211 Å². The number of pyridine rings is 1. The van der Waals surface area contributed by atoms with E-state index in [2.05, 4.69) is 36.6 Å². The minimum absolute atomic E-state index is 0.309. The van der Waals surface area contributed by atoms with Crippen LogP contribution in [0.4, 0.5) is 16.9 Å². The first-order chi connectivity index (χ1) is 17.1. The Morgan fingerprint density at radius 3 is 2.60 bits per heavy atom. The molecule has 2 fully saturated rings. The Morgan fingerprint density at radius 2 is 1.86 bits per heavy atom. The van der Waals surface area contributed by atoms with Crippen molar-refractivity contribution in [3.63, 3.8) is 0 Å². The number of hydrogen-bond donors (Lipinski definition) is 3. The highest BCUT2D eigenvalue weighted by Crippen LogP contribution is 2.30. The maximum absolute atomic E-state index is 9.32. The van der Waals surface area contributed by atoms with Gasteiger partial charge in [0.25, 0.3) is 0 Å². The number of aliphatic hydroxyl groups excluding tert-OH is 1. The third-order valence-corrected chi connectivity index (χ3v) is 7.92. The van der Waals surface area contributed by atoms with Gasteiger partial charge in [0.2, 0.25) is 5.95 Å². The molecule has 8 nitrogen and oxygen atoms in total. The molecule has 3 aromatic heterocycles. The number of anilines is 3. The van der Waals surface area contributed by atoms with Gasteiger partial charge in [0.15, 0.2) is 5.13 Å².